The molecule has 2 N–H and O–H groups in total. The van der Waals surface area contributed by atoms with E-state index >= 15 is 0 Å². The van der Waals surface area contributed by atoms with Crippen molar-refractivity contribution in [2.24, 2.45) is 11.1 Å². The Kier molecular flexibility index (Phi) is 4.39. The second-order valence-electron chi connectivity index (χ2n) is 3.43. The van der Waals surface area contributed by atoms with E-state index in [0.717, 1.165) is 0 Å². The summed E-state index contributed by atoms with van der Waals surface area (Å²) in [7, 11) is -3.51. The fourth-order valence-corrected chi connectivity index (χ4v) is 3.40. The molecule has 0 saturated carbocycles. The molecule has 15 heavy (non-hydrogen) atoms. The SMILES string of the molecule is NS(=O)(=O)CCC1CC=CC=[C]1[Ti](=[O])=[O]. The van der Waals surface area contributed by atoms with Crippen LogP contribution in [0.5, 0.6) is 0 Å². The van der Waals surface area contributed by atoms with Crippen molar-refractivity contribution >= 4 is 10.0 Å². The molecule has 1 unspecified atom stereocenters. The van der Waals surface area contributed by atoms with Crippen molar-refractivity contribution in [2.45, 2.75) is 12.8 Å². The third kappa shape index (κ3) is 4.38. The minimum absolute atomic E-state index is 0.172. The molecule has 0 saturated heterocycles. The van der Waals surface area contributed by atoms with Crippen LogP contribution in [0.2, 0.25) is 0 Å². The maximum atomic E-state index is 10.9. The van der Waals surface area contributed by atoms with E-state index in [2.05, 4.69) is 0 Å². The van der Waals surface area contributed by atoms with Gasteiger partial charge in [0.2, 0.25) is 0 Å². The Morgan fingerprint density at radius 2 is 2.13 bits per heavy atom. The van der Waals surface area contributed by atoms with Gasteiger partial charge in [0.25, 0.3) is 0 Å². The molecule has 1 rings (SSSR count). The number of hydrogen-bond acceptors (Lipinski definition) is 4. The molecule has 0 fully saturated rings. The molecule has 0 radical (unpaired) electrons. The Hall–Kier alpha value is -0.296. The van der Waals surface area contributed by atoms with E-state index in [9.17, 15) is 15.1 Å². The van der Waals surface area contributed by atoms with Gasteiger partial charge in [-0.05, 0) is 0 Å². The van der Waals surface area contributed by atoms with Gasteiger partial charge in [-0.3, -0.25) is 0 Å². The number of nitrogens with two attached hydrogens (primary N) is 1. The van der Waals surface area contributed by atoms with Crippen molar-refractivity contribution in [1.29, 1.82) is 0 Å². The summed E-state index contributed by atoms with van der Waals surface area (Å²) in [4.78, 5) is 0. The third-order valence-electron chi connectivity index (χ3n) is 2.26. The van der Waals surface area contributed by atoms with Crippen LogP contribution in [0.4, 0.5) is 0 Å². The van der Waals surface area contributed by atoms with Crippen molar-refractivity contribution in [1.82, 2.24) is 0 Å². The van der Waals surface area contributed by atoms with Crippen LogP contribution in [0.1, 0.15) is 12.8 Å². The molecule has 1 atom stereocenters. The molecular weight excluding hydrogens is 254 g/mol. The first-order valence-electron chi connectivity index (χ1n) is 4.48. The van der Waals surface area contributed by atoms with E-state index in [4.69, 9.17) is 5.14 Å². The molecule has 7 heteroatoms. The molecule has 0 aliphatic heterocycles. The Morgan fingerprint density at radius 3 is 2.67 bits per heavy atom. The van der Waals surface area contributed by atoms with Crippen LogP contribution < -0.4 is 5.14 Å². The molecule has 0 spiro atoms. The Morgan fingerprint density at radius 1 is 1.47 bits per heavy atom. The van der Waals surface area contributed by atoms with Crippen LogP contribution in [-0.2, 0) is 34.5 Å². The second-order valence-corrected chi connectivity index (χ2v) is 6.96. The first kappa shape index (κ1) is 12.8. The number of allylic oxidation sites excluding steroid dienone is 4. The summed E-state index contributed by atoms with van der Waals surface area (Å²) >= 11 is -3.58. The standard InChI is InChI=1S/C8H12NO2S.2O.Ti/c9-12(10,11)7-6-8-4-2-1-3-5-8;;;/h1-3,8H,4,6-7H2,(H2,9,10,11);;;. The predicted octanol–water partition coefficient (Wildman–Crippen LogP) is 0.434. The fourth-order valence-electron chi connectivity index (χ4n) is 1.49. The summed E-state index contributed by atoms with van der Waals surface area (Å²) in [6, 6.07) is 0. The van der Waals surface area contributed by atoms with E-state index in [-0.39, 0.29) is 18.1 Å². The fraction of sp³-hybridized carbons (Fsp3) is 0.500. The van der Waals surface area contributed by atoms with Crippen LogP contribution in [0.15, 0.2) is 22.1 Å². The van der Waals surface area contributed by atoms with Gasteiger partial charge in [0.15, 0.2) is 0 Å². The summed E-state index contributed by atoms with van der Waals surface area (Å²) in [5, 5.41) is 4.87. The molecule has 83 valence electrons. The van der Waals surface area contributed by atoms with Crippen molar-refractivity contribution in [3.8, 4) is 0 Å². The summed E-state index contributed by atoms with van der Waals surface area (Å²) in [6.45, 7) is 0. The Labute approximate surface area is 94.6 Å². The Bertz CT molecular complexity index is 453. The number of sulfonamides is 1. The van der Waals surface area contributed by atoms with Gasteiger partial charge in [0.1, 0.15) is 0 Å². The van der Waals surface area contributed by atoms with E-state index in [1.165, 1.54) is 0 Å². The second kappa shape index (κ2) is 5.16. The van der Waals surface area contributed by atoms with Gasteiger partial charge >= 0.3 is 94.7 Å². The quantitative estimate of drug-likeness (QED) is 0.746. The van der Waals surface area contributed by atoms with E-state index in [1.807, 2.05) is 6.08 Å². The van der Waals surface area contributed by atoms with Crippen LogP contribution in [0, 0.1) is 5.92 Å². The zero-order valence-corrected chi connectivity index (χ0v) is 10.4. The van der Waals surface area contributed by atoms with Gasteiger partial charge in [-0.2, -0.15) is 0 Å². The van der Waals surface area contributed by atoms with Crippen LogP contribution in [0.25, 0.3) is 0 Å². The van der Waals surface area contributed by atoms with Crippen molar-refractivity contribution in [2.75, 3.05) is 5.75 Å². The van der Waals surface area contributed by atoms with Crippen molar-refractivity contribution in [3.63, 3.8) is 0 Å². The monoisotopic (exact) mass is 266 g/mol. The first-order valence-corrected chi connectivity index (χ1v) is 8.26. The molecule has 0 aromatic rings. The maximum absolute atomic E-state index is 10.9. The summed E-state index contributed by atoms with van der Waals surface area (Å²) < 4.78 is 43.8. The van der Waals surface area contributed by atoms with Crippen LogP contribution in [0.3, 0.4) is 0 Å². The van der Waals surface area contributed by atoms with E-state index < -0.39 is 27.8 Å². The van der Waals surface area contributed by atoms with Crippen LogP contribution >= 0.6 is 0 Å². The zero-order valence-electron chi connectivity index (χ0n) is 8.05. The molecule has 1 aliphatic carbocycles. The van der Waals surface area contributed by atoms with Crippen molar-refractivity contribution in [3.05, 3.63) is 22.1 Å². The predicted molar refractivity (Wildman–Crippen MR) is 49.3 cm³/mol. The molecular formula is C8H12NO4STi. The van der Waals surface area contributed by atoms with Crippen LogP contribution in [-0.4, -0.2) is 14.2 Å². The van der Waals surface area contributed by atoms with Gasteiger partial charge in [0, 0.05) is 0 Å². The minimum atomic E-state index is -3.58. The number of hydrogen-bond donors (Lipinski definition) is 1. The van der Waals surface area contributed by atoms with Gasteiger partial charge in [-0.1, -0.05) is 0 Å². The summed E-state index contributed by atoms with van der Waals surface area (Å²) in [6.07, 6.45) is 5.91. The molecule has 1 aliphatic rings. The molecule has 0 bridgehead atoms. The normalized spacial score (nSPS) is 21.1. The zero-order chi connectivity index (χ0) is 11.5. The number of rotatable bonds is 4. The molecule has 0 amide bonds. The topological polar surface area (TPSA) is 94.3 Å². The molecule has 5 nitrogen and oxygen atoms in total. The Balaban J connectivity index is 2.71. The average molecular weight is 266 g/mol. The summed E-state index contributed by atoms with van der Waals surface area (Å²) in [5.41, 5.74) is 0. The van der Waals surface area contributed by atoms with Gasteiger partial charge in [-0.25, -0.2) is 0 Å². The first-order chi connectivity index (χ1) is 6.90. The average Bonchev–Trinajstić information content (AvgIpc) is 2.14. The molecule has 0 heterocycles. The summed E-state index contributed by atoms with van der Waals surface area (Å²) in [5.74, 6) is -0.382. The van der Waals surface area contributed by atoms with Crippen molar-refractivity contribution < 1.29 is 32.9 Å². The molecule has 0 aromatic carbocycles. The van der Waals surface area contributed by atoms with Gasteiger partial charge < -0.3 is 0 Å². The van der Waals surface area contributed by atoms with Gasteiger partial charge in [-0.15, -0.1) is 0 Å². The number of primary sulfonamides is 1. The van der Waals surface area contributed by atoms with E-state index in [0.29, 0.717) is 10.3 Å². The molecule has 0 aromatic heterocycles. The van der Waals surface area contributed by atoms with E-state index in [1.54, 1.807) is 12.2 Å². The van der Waals surface area contributed by atoms with Gasteiger partial charge in [0.05, 0.1) is 0 Å². The third-order valence-corrected chi connectivity index (χ3v) is 4.70.